The lowest BCUT2D eigenvalue weighted by Crippen LogP contribution is -2.50. The predicted molar refractivity (Wildman–Crippen MR) is 126 cm³/mol. The van der Waals surface area contributed by atoms with E-state index in [1.165, 1.54) is 19.4 Å². The molecule has 28 heavy (non-hydrogen) atoms. The standard InChI is InChI=1S/C20H39N5O2.HI/c1-5-21-19(22-14-18-8-7-11-25(18)15-16(3)4)23-17-9-12-24(13-10-17)20(26)27-6-2;/h16-18H,5-15H2,1-4H3,(H2,21,22,23);1H/t18-;/m1./s1. The summed E-state index contributed by atoms with van der Waals surface area (Å²) in [5.74, 6) is 1.61. The van der Waals surface area contributed by atoms with E-state index >= 15 is 0 Å². The normalized spacial score (nSPS) is 21.5. The molecule has 1 atom stereocenters. The monoisotopic (exact) mass is 509 g/mol. The van der Waals surface area contributed by atoms with Crippen molar-refractivity contribution in [3.05, 3.63) is 0 Å². The number of guanidine groups is 1. The number of likely N-dealkylation sites (tertiary alicyclic amines) is 2. The number of piperidine rings is 1. The first-order valence-corrected chi connectivity index (χ1v) is 10.7. The van der Waals surface area contributed by atoms with Gasteiger partial charge in [0.15, 0.2) is 5.96 Å². The molecule has 0 bridgehead atoms. The number of halogens is 1. The molecule has 2 aliphatic heterocycles. The summed E-state index contributed by atoms with van der Waals surface area (Å²) in [7, 11) is 0. The summed E-state index contributed by atoms with van der Waals surface area (Å²) in [6, 6.07) is 0.914. The maximum absolute atomic E-state index is 11.8. The van der Waals surface area contributed by atoms with E-state index < -0.39 is 0 Å². The molecule has 8 heteroatoms. The van der Waals surface area contributed by atoms with Crippen LogP contribution in [0.1, 0.15) is 53.4 Å². The van der Waals surface area contributed by atoms with Crippen molar-refractivity contribution in [1.29, 1.82) is 0 Å². The SMILES string of the molecule is CCNC(=NC[C@H]1CCCN1CC(C)C)NC1CCN(C(=O)OCC)CC1.I. The molecule has 0 aromatic rings. The number of carbonyl (C=O) groups is 1. The fourth-order valence-corrected chi connectivity index (χ4v) is 3.94. The van der Waals surface area contributed by atoms with Crippen LogP contribution in [-0.4, -0.2) is 79.8 Å². The molecule has 2 rings (SSSR count). The van der Waals surface area contributed by atoms with Gasteiger partial charge < -0.3 is 20.3 Å². The fraction of sp³-hybridized carbons (Fsp3) is 0.900. The van der Waals surface area contributed by atoms with Crippen molar-refractivity contribution in [2.75, 3.05) is 45.9 Å². The maximum atomic E-state index is 11.8. The van der Waals surface area contributed by atoms with Crippen LogP contribution in [0.2, 0.25) is 0 Å². The number of aliphatic imine (C=N–C) groups is 1. The molecule has 2 fully saturated rings. The highest BCUT2D eigenvalue weighted by Gasteiger charge is 2.26. The molecule has 2 aliphatic rings. The van der Waals surface area contributed by atoms with Gasteiger partial charge in [-0.2, -0.15) is 0 Å². The van der Waals surface area contributed by atoms with Crippen LogP contribution in [0.4, 0.5) is 4.79 Å². The molecule has 164 valence electrons. The van der Waals surface area contributed by atoms with Gasteiger partial charge in [0.05, 0.1) is 13.2 Å². The van der Waals surface area contributed by atoms with E-state index in [0.717, 1.165) is 51.5 Å². The molecule has 0 unspecified atom stereocenters. The molecule has 0 aliphatic carbocycles. The first kappa shape index (κ1) is 25.3. The number of nitrogens with zero attached hydrogens (tertiary/aromatic N) is 3. The van der Waals surface area contributed by atoms with Gasteiger partial charge in [0, 0.05) is 38.3 Å². The fourth-order valence-electron chi connectivity index (χ4n) is 3.94. The third-order valence-electron chi connectivity index (χ3n) is 5.26. The lowest BCUT2D eigenvalue weighted by molar-refractivity contribution is 0.0963. The zero-order valence-electron chi connectivity index (χ0n) is 18.1. The average Bonchev–Trinajstić information content (AvgIpc) is 3.07. The predicted octanol–water partition coefficient (Wildman–Crippen LogP) is 2.90. The van der Waals surface area contributed by atoms with Crippen LogP contribution < -0.4 is 10.6 Å². The molecule has 0 radical (unpaired) electrons. The largest absolute Gasteiger partial charge is 0.450 e. The Bertz CT molecular complexity index is 481. The Hall–Kier alpha value is -0.770. The molecule has 2 N–H and O–H groups in total. The van der Waals surface area contributed by atoms with Gasteiger partial charge in [-0.15, -0.1) is 24.0 Å². The number of carbonyl (C=O) groups excluding carboxylic acids is 1. The highest BCUT2D eigenvalue weighted by molar-refractivity contribution is 14.0. The second kappa shape index (κ2) is 13.5. The summed E-state index contributed by atoms with van der Waals surface area (Å²) < 4.78 is 5.10. The molecule has 1 amide bonds. The van der Waals surface area contributed by atoms with Crippen molar-refractivity contribution in [1.82, 2.24) is 20.4 Å². The molecule has 0 spiro atoms. The van der Waals surface area contributed by atoms with Crippen molar-refractivity contribution < 1.29 is 9.53 Å². The minimum atomic E-state index is -0.192. The Labute approximate surface area is 188 Å². The first-order valence-electron chi connectivity index (χ1n) is 10.7. The summed E-state index contributed by atoms with van der Waals surface area (Å²) in [6.45, 7) is 14.5. The van der Waals surface area contributed by atoms with Crippen LogP contribution >= 0.6 is 24.0 Å². The van der Waals surface area contributed by atoms with E-state index in [2.05, 4.69) is 36.3 Å². The number of nitrogens with one attached hydrogen (secondary N) is 2. The number of hydrogen-bond donors (Lipinski definition) is 2. The Morgan fingerprint density at radius 2 is 1.89 bits per heavy atom. The van der Waals surface area contributed by atoms with Crippen LogP contribution in [0.25, 0.3) is 0 Å². The summed E-state index contributed by atoms with van der Waals surface area (Å²) in [5.41, 5.74) is 0. The average molecular weight is 509 g/mol. The zero-order chi connectivity index (χ0) is 19.6. The van der Waals surface area contributed by atoms with E-state index in [4.69, 9.17) is 9.73 Å². The Morgan fingerprint density at radius 3 is 2.50 bits per heavy atom. The molecule has 0 aromatic heterocycles. The van der Waals surface area contributed by atoms with Crippen LogP contribution in [-0.2, 0) is 4.74 Å². The van der Waals surface area contributed by atoms with Gasteiger partial charge in [0.25, 0.3) is 0 Å². The quantitative estimate of drug-likeness (QED) is 0.314. The smallest absolute Gasteiger partial charge is 0.409 e. The van der Waals surface area contributed by atoms with Crippen molar-refractivity contribution in [3.8, 4) is 0 Å². The topological polar surface area (TPSA) is 69.2 Å². The van der Waals surface area contributed by atoms with Crippen molar-refractivity contribution in [2.24, 2.45) is 10.9 Å². The Kier molecular flexibility index (Phi) is 12.1. The minimum Gasteiger partial charge on any atom is -0.450 e. The Morgan fingerprint density at radius 1 is 1.18 bits per heavy atom. The maximum Gasteiger partial charge on any atom is 0.409 e. The van der Waals surface area contributed by atoms with Gasteiger partial charge in [-0.05, 0) is 52.0 Å². The van der Waals surface area contributed by atoms with Crippen LogP contribution in [0.15, 0.2) is 4.99 Å². The van der Waals surface area contributed by atoms with Crippen LogP contribution in [0.3, 0.4) is 0 Å². The van der Waals surface area contributed by atoms with E-state index in [-0.39, 0.29) is 30.1 Å². The van der Waals surface area contributed by atoms with Crippen molar-refractivity contribution in [2.45, 2.75) is 65.5 Å². The van der Waals surface area contributed by atoms with Crippen LogP contribution in [0.5, 0.6) is 0 Å². The summed E-state index contributed by atoms with van der Waals surface area (Å²) in [6.07, 6.45) is 4.18. The van der Waals surface area contributed by atoms with E-state index in [9.17, 15) is 4.79 Å². The van der Waals surface area contributed by atoms with Gasteiger partial charge in [0.2, 0.25) is 0 Å². The number of ether oxygens (including phenoxy) is 1. The van der Waals surface area contributed by atoms with Gasteiger partial charge >= 0.3 is 6.09 Å². The highest BCUT2D eigenvalue weighted by Crippen LogP contribution is 2.19. The summed E-state index contributed by atoms with van der Waals surface area (Å²) in [5, 5.41) is 6.95. The van der Waals surface area contributed by atoms with Gasteiger partial charge in [-0.3, -0.25) is 9.89 Å². The molecule has 2 saturated heterocycles. The first-order chi connectivity index (χ1) is 13.0. The third-order valence-corrected chi connectivity index (χ3v) is 5.26. The number of hydrogen-bond acceptors (Lipinski definition) is 4. The second-order valence-corrected chi connectivity index (χ2v) is 8.01. The third kappa shape index (κ3) is 8.31. The van der Waals surface area contributed by atoms with Crippen LogP contribution in [0, 0.1) is 5.92 Å². The lowest BCUT2D eigenvalue weighted by atomic mass is 10.1. The van der Waals surface area contributed by atoms with Gasteiger partial charge in [-0.1, -0.05) is 13.8 Å². The molecular formula is C20H40IN5O2. The molecule has 7 nitrogen and oxygen atoms in total. The number of rotatable bonds is 7. The molecular weight excluding hydrogens is 469 g/mol. The lowest BCUT2D eigenvalue weighted by Gasteiger charge is -2.32. The second-order valence-electron chi connectivity index (χ2n) is 8.01. The number of amides is 1. The van der Waals surface area contributed by atoms with Crippen molar-refractivity contribution >= 4 is 36.0 Å². The van der Waals surface area contributed by atoms with E-state index in [1.807, 2.05) is 6.92 Å². The molecule has 2 heterocycles. The van der Waals surface area contributed by atoms with Crippen molar-refractivity contribution in [3.63, 3.8) is 0 Å². The van der Waals surface area contributed by atoms with E-state index in [0.29, 0.717) is 24.6 Å². The summed E-state index contributed by atoms with van der Waals surface area (Å²) >= 11 is 0. The Balaban J connectivity index is 0.00000392. The van der Waals surface area contributed by atoms with E-state index in [1.54, 1.807) is 4.90 Å². The van der Waals surface area contributed by atoms with Gasteiger partial charge in [-0.25, -0.2) is 4.79 Å². The zero-order valence-corrected chi connectivity index (χ0v) is 20.4. The molecule has 0 aromatic carbocycles. The summed E-state index contributed by atoms with van der Waals surface area (Å²) in [4.78, 5) is 21.1. The minimum absolute atomic E-state index is 0. The van der Waals surface area contributed by atoms with Gasteiger partial charge in [0.1, 0.15) is 0 Å². The highest BCUT2D eigenvalue weighted by atomic mass is 127. The molecule has 0 saturated carbocycles.